The number of rotatable bonds is 5. The summed E-state index contributed by atoms with van der Waals surface area (Å²) < 4.78 is 14.1. The van der Waals surface area contributed by atoms with Crippen molar-refractivity contribution in [2.75, 3.05) is 18.4 Å². The second-order valence-corrected chi connectivity index (χ2v) is 4.78. The van der Waals surface area contributed by atoms with E-state index in [2.05, 4.69) is 15.3 Å². The summed E-state index contributed by atoms with van der Waals surface area (Å²) in [6.07, 6.45) is 3.76. The fourth-order valence-corrected chi connectivity index (χ4v) is 2.00. The molecule has 1 aliphatic heterocycles. The van der Waals surface area contributed by atoms with Crippen LogP contribution < -0.4 is 5.32 Å². The maximum atomic E-state index is 14.1. The summed E-state index contributed by atoms with van der Waals surface area (Å²) in [5.41, 5.74) is 0.392. The van der Waals surface area contributed by atoms with Gasteiger partial charge in [-0.05, 0) is 19.8 Å². The molecular formula is C13H19FN4O. The maximum absolute atomic E-state index is 14.1. The summed E-state index contributed by atoms with van der Waals surface area (Å²) in [4.78, 5) is 21.5. The Morgan fingerprint density at radius 3 is 2.84 bits per heavy atom. The number of carbonyl (C=O) groups is 1. The van der Waals surface area contributed by atoms with Gasteiger partial charge in [0.05, 0.1) is 5.69 Å². The number of anilines is 1. The van der Waals surface area contributed by atoms with Crippen molar-refractivity contribution in [2.24, 2.45) is 0 Å². The van der Waals surface area contributed by atoms with E-state index in [4.69, 9.17) is 0 Å². The van der Waals surface area contributed by atoms with Gasteiger partial charge in [-0.25, -0.2) is 14.4 Å². The molecule has 0 aromatic carbocycles. The van der Waals surface area contributed by atoms with Crippen molar-refractivity contribution in [3.63, 3.8) is 0 Å². The number of hydrogen-bond donors (Lipinski definition) is 1. The molecule has 1 saturated heterocycles. The number of hydrogen-bond acceptors (Lipinski definition) is 4. The molecule has 0 unspecified atom stereocenters. The number of carbonyl (C=O) groups excluding carboxylic acids is 1. The van der Waals surface area contributed by atoms with Gasteiger partial charge in [-0.1, -0.05) is 13.3 Å². The zero-order valence-electron chi connectivity index (χ0n) is 11.3. The first-order valence-corrected chi connectivity index (χ1v) is 6.68. The number of aryl methyl sites for hydroxylation is 1. The average Bonchev–Trinajstić information content (AvgIpc) is 2.32. The molecule has 1 atom stereocenters. The molecule has 104 valence electrons. The van der Waals surface area contributed by atoms with E-state index in [1.165, 1.54) is 6.33 Å². The third kappa shape index (κ3) is 3.00. The molecule has 0 bridgehead atoms. The van der Waals surface area contributed by atoms with E-state index in [1.807, 2.05) is 6.92 Å². The first kappa shape index (κ1) is 13.7. The van der Waals surface area contributed by atoms with Crippen molar-refractivity contribution < 1.29 is 9.18 Å². The Hall–Kier alpha value is -1.72. The molecule has 1 fully saturated rings. The molecule has 2 heterocycles. The average molecular weight is 266 g/mol. The van der Waals surface area contributed by atoms with Gasteiger partial charge < -0.3 is 10.2 Å². The van der Waals surface area contributed by atoms with Crippen LogP contribution in [0.25, 0.3) is 0 Å². The van der Waals surface area contributed by atoms with E-state index < -0.39 is 11.9 Å². The van der Waals surface area contributed by atoms with E-state index >= 15 is 0 Å². The second-order valence-electron chi connectivity index (χ2n) is 4.78. The molecule has 1 amide bonds. The molecule has 1 aromatic rings. The van der Waals surface area contributed by atoms with Gasteiger partial charge in [-0.2, -0.15) is 0 Å². The molecule has 0 spiro atoms. The Morgan fingerprint density at radius 1 is 1.53 bits per heavy atom. The van der Waals surface area contributed by atoms with Crippen LogP contribution in [0.2, 0.25) is 0 Å². The molecule has 1 aliphatic rings. The molecule has 19 heavy (non-hydrogen) atoms. The van der Waals surface area contributed by atoms with Gasteiger partial charge in [0.15, 0.2) is 11.6 Å². The molecule has 0 saturated carbocycles. The zero-order chi connectivity index (χ0) is 13.8. The normalized spacial score (nSPS) is 15.8. The predicted octanol–water partition coefficient (Wildman–Crippen LogP) is 1.60. The standard InChI is InChI=1S/C13H19FN4O/c1-3-5-10-11(14)12(16-8-15-10)17-9(2)13(19)18-6-4-7-18/h8-9H,3-7H2,1-2H3,(H,15,16,17)/t9-/m1/s1. The monoisotopic (exact) mass is 266 g/mol. The number of nitrogens with one attached hydrogen (secondary N) is 1. The van der Waals surface area contributed by atoms with E-state index in [0.717, 1.165) is 25.9 Å². The summed E-state index contributed by atoms with van der Waals surface area (Å²) in [5, 5.41) is 2.84. The minimum absolute atomic E-state index is 0.0127. The number of likely N-dealkylation sites (tertiary alicyclic amines) is 1. The lowest BCUT2D eigenvalue weighted by molar-refractivity contribution is -0.135. The molecule has 2 rings (SSSR count). The van der Waals surface area contributed by atoms with Crippen molar-refractivity contribution in [3.05, 3.63) is 17.8 Å². The van der Waals surface area contributed by atoms with E-state index in [-0.39, 0.29) is 11.7 Å². The van der Waals surface area contributed by atoms with Gasteiger partial charge in [0, 0.05) is 13.1 Å². The van der Waals surface area contributed by atoms with Crippen LogP contribution in [0.15, 0.2) is 6.33 Å². The van der Waals surface area contributed by atoms with Crippen LogP contribution >= 0.6 is 0 Å². The third-order valence-corrected chi connectivity index (χ3v) is 3.24. The van der Waals surface area contributed by atoms with Crippen LogP contribution in [0.5, 0.6) is 0 Å². The summed E-state index contributed by atoms with van der Waals surface area (Å²) in [6.45, 7) is 5.27. The van der Waals surface area contributed by atoms with Gasteiger partial charge in [-0.3, -0.25) is 4.79 Å². The topological polar surface area (TPSA) is 58.1 Å². The fraction of sp³-hybridized carbons (Fsp3) is 0.615. The van der Waals surface area contributed by atoms with Crippen LogP contribution in [0.1, 0.15) is 32.4 Å². The molecule has 1 aromatic heterocycles. The first-order valence-electron chi connectivity index (χ1n) is 6.68. The van der Waals surface area contributed by atoms with Gasteiger partial charge in [-0.15, -0.1) is 0 Å². The quantitative estimate of drug-likeness (QED) is 0.879. The summed E-state index contributed by atoms with van der Waals surface area (Å²) in [5.74, 6) is -0.353. The maximum Gasteiger partial charge on any atom is 0.244 e. The summed E-state index contributed by atoms with van der Waals surface area (Å²) >= 11 is 0. The van der Waals surface area contributed by atoms with Crippen LogP contribution in [-0.4, -0.2) is 39.9 Å². The van der Waals surface area contributed by atoms with Crippen LogP contribution in [0.3, 0.4) is 0 Å². The highest BCUT2D eigenvalue weighted by atomic mass is 19.1. The lowest BCUT2D eigenvalue weighted by Crippen LogP contribution is -2.48. The largest absolute Gasteiger partial charge is 0.356 e. The van der Waals surface area contributed by atoms with E-state index in [9.17, 15) is 9.18 Å². The molecule has 1 N–H and O–H groups in total. The first-order chi connectivity index (χ1) is 9.13. The molecule has 0 aliphatic carbocycles. The Labute approximate surface area is 112 Å². The highest BCUT2D eigenvalue weighted by Gasteiger charge is 2.26. The Balaban J connectivity index is 2.05. The highest BCUT2D eigenvalue weighted by Crippen LogP contribution is 2.16. The van der Waals surface area contributed by atoms with Gasteiger partial charge in [0.2, 0.25) is 5.91 Å². The SMILES string of the molecule is CCCc1ncnc(N[C@H](C)C(=O)N2CCC2)c1F. The van der Waals surface area contributed by atoms with Crippen molar-refractivity contribution >= 4 is 11.7 Å². The minimum Gasteiger partial charge on any atom is -0.356 e. The Kier molecular flexibility index (Phi) is 4.29. The third-order valence-electron chi connectivity index (χ3n) is 3.24. The van der Waals surface area contributed by atoms with Gasteiger partial charge in [0.25, 0.3) is 0 Å². The lowest BCUT2D eigenvalue weighted by Gasteiger charge is -2.33. The zero-order valence-corrected chi connectivity index (χ0v) is 11.3. The highest BCUT2D eigenvalue weighted by molar-refractivity contribution is 5.84. The predicted molar refractivity (Wildman–Crippen MR) is 70.3 cm³/mol. The smallest absolute Gasteiger partial charge is 0.244 e. The fourth-order valence-electron chi connectivity index (χ4n) is 2.00. The summed E-state index contributed by atoms with van der Waals surface area (Å²) in [6, 6.07) is -0.473. The van der Waals surface area contributed by atoms with Gasteiger partial charge >= 0.3 is 0 Å². The van der Waals surface area contributed by atoms with Gasteiger partial charge in [0.1, 0.15) is 12.4 Å². The summed E-state index contributed by atoms with van der Waals surface area (Å²) in [7, 11) is 0. The van der Waals surface area contributed by atoms with Crippen LogP contribution in [-0.2, 0) is 11.2 Å². The Morgan fingerprint density at radius 2 is 2.26 bits per heavy atom. The second kappa shape index (κ2) is 5.95. The lowest BCUT2D eigenvalue weighted by atomic mass is 10.1. The Bertz CT molecular complexity index is 462. The van der Waals surface area contributed by atoms with E-state index in [1.54, 1.807) is 11.8 Å². The van der Waals surface area contributed by atoms with Crippen molar-refractivity contribution in [2.45, 2.75) is 39.2 Å². The van der Waals surface area contributed by atoms with E-state index in [0.29, 0.717) is 12.1 Å². The molecule has 6 heteroatoms. The molecule has 0 radical (unpaired) electrons. The number of nitrogens with zero attached hydrogens (tertiary/aromatic N) is 3. The number of halogens is 1. The molecule has 5 nitrogen and oxygen atoms in total. The molecular weight excluding hydrogens is 247 g/mol. The number of aromatic nitrogens is 2. The van der Waals surface area contributed by atoms with Crippen LogP contribution in [0, 0.1) is 5.82 Å². The van der Waals surface area contributed by atoms with Crippen molar-refractivity contribution in [1.29, 1.82) is 0 Å². The minimum atomic E-state index is -0.473. The number of amides is 1. The van der Waals surface area contributed by atoms with Crippen LogP contribution in [0.4, 0.5) is 10.2 Å². The van der Waals surface area contributed by atoms with Crippen molar-refractivity contribution in [1.82, 2.24) is 14.9 Å². The van der Waals surface area contributed by atoms with Crippen molar-refractivity contribution in [3.8, 4) is 0 Å².